The molecule has 0 spiro atoms. The van der Waals surface area contributed by atoms with Crippen LogP contribution in [-0.2, 0) is 44.5 Å². The molecule has 0 aromatic heterocycles. The van der Waals surface area contributed by atoms with Crippen LogP contribution in [0.25, 0.3) is 0 Å². The lowest BCUT2D eigenvalue weighted by Crippen LogP contribution is -2.63. The Balaban J connectivity index is 1.37. The van der Waals surface area contributed by atoms with Gasteiger partial charge in [0.25, 0.3) is 0 Å². The van der Waals surface area contributed by atoms with Crippen molar-refractivity contribution >= 4 is 76.1 Å². The zero-order chi connectivity index (χ0) is 53.8. The molecule has 2 aromatic rings. The van der Waals surface area contributed by atoms with Gasteiger partial charge < -0.3 is 61.1 Å². The zero-order valence-corrected chi connectivity index (χ0v) is 44.3. The normalized spacial score (nSPS) is 26.1. The molecule has 2 fully saturated rings. The van der Waals surface area contributed by atoms with Crippen LogP contribution in [0.5, 0.6) is 5.75 Å². The summed E-state index contributed by atoms with van der Waals surface area (Å²) in [4.78, 5) is 82.5. The number of alkyl carbamates (subject to hydrolysis) is 1. The number of epoxide rings is 1. The fraction of sp³-hybridized carbons (Fsp3) is 0.569. The number of anilines is 3. The third-order valence-electron chi connectivity index (χ3n) is 13.4. The second-order valence-corrected chi connectivity index (χ2v) is 20.2. The molecule has 0 aliphatic carbocycles. The molecule has 2 aromatic carbocycles. The number of fused-ring (bicyclic) bond motifs is 5. The molecule has 3 heterocycles. The third-order valence-corrected chi connectivity index (χ3v) is 14.1. The first-order valence-electron chi connectivity index (χ1n) is 24.5. The van der Waals surface area contributed by atoms with Crippen LogP contribution in [-0.4, -0.2) is 123 Å². The number of halogens is 2. The van der Waals surface area contributed by atoms with E-state index < -0.39 is 90.1 Å². The van der Waals surface area contributed by atoms with E-state index in [0.29, 0.717) is 37.2 Å². The molecule has 402 valence electrons. The minimum Gasteiger partial charge on any atom is -0.495 e. The highest BCUT2D eigenvalue weighted by Crippen LogP contribution is 2.49. The Hall–Kier alpha value is -5.48. The molecule has 0 unspecified atom stereocenters. The molecule has 20 nitrogen and oxygen atoms in total. The van der Waals surface area contributed by atoms with E-state index in [9.17, 15) is 33.9 Å². The number of benzene rings is 2. The second kappa shape index (κ2) is 26.1. The first-order chi connectivity index (χ1) is 34.6. The van der Waals surface area contributed by atoms with Crippen LogP contribution in [0.1, 0.15) is 91.5 Å². The number of carbonyl (C=O) groups excluding carboxylic acids is 6. The molecular formula is C51H72Cl2N8O12. The Kier molecular flexibility index (Phi) is 20.9. The van der Waals surface area contributed by atoms with Crippen molar-refractivity contribution in [1.29, 1.82) is 0 Å². The largest absolute Gasteiger partial charge is 0.495 e. The van der Waals surface area contributed by atoms with Crippen molar-refractivity contribution in [2.75, 3.05) is 49.9 Å². The number of allylic oxidation sites excluding steroid dienone is 3. The van der Waals surface area contributed by atoms with Crippen LogP contribution in [0, 0.1) is 11.8 Å². The first-order valence-corrected chi connectivity index (χ1v) is 25.3. The monoisotopic (exact) mass is 1060 g/mol. The maximum Gasteiger partial charge on any atom is 0.412 e. The van der Waals surface area contributed by atoms with Crippen LogP contribution >= 0.6 is 23.2 Å². The van der Waals surface area contributed by atoms with Crippen LogP contribution in [0.2, 0.25) is 10.0 Å². The van der Waals surface area contributed by atoms with E-state index in [4.69, 9.17) is 58.4 Å². The number of nitrogens with two attached hydrogens (primary N) is 2. The summed E-state index contributed by atoms with van der Waals surface area (Å²) in [5.74, 6) is -2.43. The molecule has 73 heavy (non-hydrogen) atoms. The number of unbranched alkanes of at least 4 members (excludes halogenated alkanes) is 2. The van der Waals surface area contributed by atoms with Crippen LogP contribution in [0.4, 0.5) is 26.7 Å². The molecule has 0 radical (unpaired) electrons. The molecule has 6 amide bonds. The summed E-state index contributed by atoms with van der Waals surface area (Å²) in [6.07, 6.45) is 2.35. The Morgan fingerprint density at radius 1 is 1.00 bits per heavy atom. The number of nitrogens with one attached hydrogen (secondary N) is 5. The van der Waals surface area contributed by atoms with Crippen LogP contribution < -0.4 is 47.7 Å². The van der Waals surface area contributed by atoms with E-state index in [0.717, 1.165) is 24.0 Å². The van der Waals surface area contributed by atoms with Crippen molar-refractivity contribution in [1.82, 2.24) is 16.0 Å². The number of aliphatic hydroxyl groups is 1. The standard InChI is InChI=1S/C51H72Cl2N8O12/c1-28(2)44(59-41(62)17-10-9-11-20-54)47(65)57-35(15-13-21-55)46(64)56-32-18-19-34(33(52)25-32)58-48(66)72-40-26-42(63)61(6)36-23-31(24-37(69-7)43(36)53)22-29(3)14-12-16-39(70-8)51(68)27-38(71-49(67)60-51)30(4)45-50(40,5)73-45/h12,14,16,18-19,23-25,28,30,35,38-40,44-45,68H,9-11,13,15,17,20-22,26-27,54-55H2,1-8H3,(H,56,64)(H,57,65)(H,58,66)(H,59,62)(H,60,67)/b16-12+,29-14+/t30-,35+,38+,39-,40+,44+,45+,50+,51+/m1/s1. The van der Waals surface area contributed by atoms with Gasteiger partial charge in [0.2, 0.25) is 23.6 Å². The zero-order valence-electron chi connectivity index (χ0n) is 42.8. The van der Waals surface area contributed by atoms with Gasteiger partial charge in [0, 0.05) is 38.6 Å². The predicted molar refractivity (Wildman–Crippen MR) is 277 cm³/mol. The summed E-state index contributed by atoms with van der Waals surface area (Å²) in [5, 5.41) is 25.5. The molecule has 9 atom stereocenters. The Morgan fingerprint density at radius 3 is 2.38 bits per heavy atom. The quantitative estimate of drug-likeness (QED) is 0.0643. The molecule has 0 saturated carbocycles. The molecule has 4 bridgehead atoms. The lowest BCUT2D eigenvalue weighted by Gasteiger charge is -2.42. The van der Waals surface area contributed by atoms with Crippen molar-refractivity contribution < 1.29 is 57.6 Å². The second-order valence-electron chi connectivity index (χ2n) is 19.4. The topological polar surface area (TPSA) is 288 Å². The van der Waals surface area contributed by atoms with Gasteiger partial charge in [-0.3, -0.25) is 29.8 Å². The molecule has 22 heteroatoms. The molecule has 5 rings (SSSR count). The maximum atomic E-state index is 14.4. The fourth-order valence-electron chi connectivity index (χ4n) is 9.04. The minimum absolute atomic E-state index is 0.000938. The number of nitrogens with zero attached hydrogens (tertiary/aromatic N) is 1. The van der Waals surface area contributed by atoms with Gasteiger partial charge in [-0.1, -0.05) is 74.2 Å². The SMILES string of the molecule is COc1cc2cc(c1Cl)N(C)C(=O)C[C@H](OC(=O)Nc1ccc(NC(=O)[C@H](CCCN)NC(=O)[C@@H](NC(=O)CCCCCN)C(C)C)cc1Cl)[C@]1(C)O[C@H]1[C@H](C)[C@@H]1C[C@@](O)(NC(=O)O1)[C@H](OC)/C=C/C=C(\C)C2. The Morgan fingerprint density at radius 2 is 1.73 bits per heavy atom. The molecular weight excluding hydrogens is 988 g/mol. The minimum atomic E-state index is -1.89. The maximum absolute atomic E-state index is 14.4. The third kappa shape index (κ3) is 15.3. The predicted octanol–water partition coefficient (Wildman–Crippen LogP) is 5.85. The van der Waals surface area contributed by atoms with Crippen molar-refractivity contribution in [3.05, 3.63) is 69.7 Å². The lowest BCUT2D eigenvalue weighted by molar-refractivity contribution is -0.142. The summed E-state index contributed by atoms with van der Waals surface area (Å²) in [6.45, 7) is 9.70. The van der Waals surface area contributed by atoms with Gasteiger partial charge in [-0.25, -0.2) is 9.59 Å². The number of carbonyl (C=O) groups is 6. The summed E-state index contributed by atoms with van der Waals surface area (Å²) in [5.41, 5.74) is 10.4. The summed E-state index contributed by atoms with van der Waals surface area (Å²) >= 11 is 13.5. The average Bonchev–Trinajstić information content (AvgIpc) is 4.03. The van der Waals surface area contributed by atoms with E-state index >= 15 is 0 Å². The summed E-state index contributed by atoms with van der Waals surface area (Å²) in [7, 11) is 4.42. The number of hydrogen-bond acceptors (Lipinski definition) is 14. The number of rotatable bonds is 18. The van der Waals surface area contributed by atoms with Crippen molar-refractivity contribution in [2.24, 2.45) is 23.3 Å². The van der Waals surface area contributed by atoms with Gasteiger partial charge in [-0.15, -0.1) is 0 Å². The Labute approximate surface area is 436 Å². The van der Waals surface area contributed by atoms with Gasteiger partial charge in [-0.2, -0.15) is 0 Å². The van der Waals surface area contributed by atoms with Crippen molar-refractivity contribution in [2.45, 2.75) is 140 Å². The highest BCUT2D eigenvalue weighted by Gasteiger charge is 2.64. The van der Waals surface area contributed by atoms with E-state index in [1.54, 1.807) is 59.0 Å². The first kappa shape index (κ1) is 58.4. The molecule has 3 aliphatic rings. The highest BCUT2D eigenvalue weighted by atomic mass is 35.5. The average molecular weight is 1060 g/mol. The summed E-state index contributed by atoms with van der Waals surface area (Å²) in [6, 6.07) is 5.93. The van der Waals surface area contributed by atoms with E-state index in [2.05, 4.69) is 26.6 Å². The lowest BCUT2D eigenvalue weighted by atomic mass is 9.83. The van der Waals surface area contributed by atoms with Crippen LogP contribution in [0.3, 0.4) is 0 Å². The van der Waals surface area contributed by atoms with E-state index in [1.165, 1.54) is 37.3 Å². The number of ether oxygens (including phenoxy) is 5. The highest BCUT2D eigenvalue weighted by molar-refractivity contribution is 6.35. The van der Waals surface area contributed by atoms with Gasteiger partial charge >= 0.3 is 12.2 Å². The summed E-state index contributed by atoms with van der Waals surface area (Å²) < 4.78 is 29.3. The van der Waals surface area contributed by atoms with E-state index in [-0.39, 0.29) is 59.1 Å². The van der Waals surface area contributed by atoms with Crippen molar-refractivity contribution in [3.8, 4) is 5.75 Å². The van der Waals surface area contributed by atoms with Gasteiger partial charge in [0.15, 0.2) is 5.72 Å². The van der Waals surface area contributed by atoms with Crippen molar-refractivity contribution in [3.63, 3.8) is 0 Å². The van der Waals surface area contributed by atoms with Gasteiger partial charge in [-0.05, 0) is 101 Å². The van der Waals surface area contributed by atoms with Gasteiger partial charge in [0.05, 0.1) is 36.0 Å². The number of hydrogen-bond donors (Lipinski definition) is 8. The van der Waals surface area contributed by atoms with E-state index in [1.807, 2.05) is 13.0 Å². The molecule has 10 N–H and O–H groups in total. The number of methoxy groups -OCH3 is 2. The van der Waals surface area contributed by atoms with Crippen LogP contribution in [0.15, 0.2) is 54.1 Å². The smallest absolute Gasteiger partial charge is 0.412 e. The van der Waals surface area contributed by atoms with Gasteiger partial charge in [0.1, 0.15) is 46.8 Å². The number of amides is 6. The molecule has 3 aliphatic heterocycles. The molecule has 2 saturated heterocycles. The fourth-order valence-corrected chi connectivity index (χ4v) is 9.58. The Bertz CT molecular complexity index is 2390.